The van der Waals surface area contributed by atoms with Crippen LogP contribution < -0.4 is 90.7 Å². The van der Waals surface area contributed by atoms with Crippen LogP contribution >= 0.6 is 0 Å². The predicted molar refractivity (Wildman–Crippen MR) is 261 cm³/mol. The van der Waals surface area contributed by atoms with E-state index in [-0.39, 0.29) is 57.5 Å². The number of phenols is 1. The number of carbonyl (C=O) groups is 2. The monoisotopic (exact) mass is 990 g/mol. The molecular formula is C47H96KN7O12+2. The molecule has 3 atom stereocenters. The molecule has 2 saturated heterocycles. The van der Waals surface area contributed by atoms with Gasteiger partial charge in [0.15, 0.2) is 0 Å². The van der Waals surface area contributed by atoms with Crippen LogP contribution in [-0.2, 0) is 44.4 Å². The van der Waals surface area contributed by atoms with Crippen LogP contribution in [0.5, 0.6) is 5.75 Å². The summed E-state index contributed by atoms with van der Waals surface area (Å²) < 4.78 is 32.5. The van der Waals surface area contributed by atoms with Crippen LogP contribution in [0.15, 0.2) is 36.0 Å². The van der Waals surface area contributed by atoms with Crippen molar-refractivity contribution in [1.82, 2.24) is 0 Å². The van der Waals surface area contributed by atoms with E-state index in [1.807, 2.05) is 12.1 Å². The zero-order valence-electron chi connectivity index (χ0n) is 41.9. The molecule has 0 amide bonds. The Hall–Kier alpha value is -1.38. The zero-order chi connectivity index (χ0) is 49.7. The molecule has 19 nitrogen and oxygen atoms in total. The van der Waals surface area contributed by atoms with Crippen LogP contribution in [0.4, 0.5) is 0 Å². The van der Waals surface area contributed by atoms with Crippen LogP contribution in [0.3, 0.4) is 0 Å². The first-order valence-electron chi connectivity index (χ1n) is 24.0. The van der Waals surface area contributed by atoms with Crippen molar-refractivity contribution in [2.24, 2.45) is 34.4 Å². The van der Waals surface area contributed by atoms with Crippen molar-refractivity contribution in [3.63, 3.8) is 0 Å². The van der Waals surface area contributed by atoms with Crippen molar-refractivity contribution < 1.29 is 115 Å². The third kappa shape index (κ3) is 60.7. The molecular weight excluding hydrogens is 894 g/mol. The number of unbranched alkanes of at least 4 members (excludes halogenated alkanes) is 6. The number of quaternary nitrogens is 1. The first-order chi connectivity index (χ1) is 31.9. The number of nitrogens with one attached hydrogen (secondary N) is 1. The molecule has 0 aromatic heterocycles. The number of rotatable bonds is 18. The van der Waals surface area contributed by atoms with Gasteiger partial charge in [0.25, 0.3) is 0 Å². The summed E-state index contributed by atoms with van der Waals surface area (Å²) in [5, 5.41) is 33.4. The van der Waals surface area contributed by atoms with E-state index in [9.17, 15) is 9.59 Å². The number of allylic oxidation sites excluding steroid dienone is 1. The molecule has 0 radical (unpaired) electrons. The van der Waals surface area contributed by atoms with Crippen LogP contribution in [0.1, 0.15) is 103 Å². The summed E-state index contributed by atoms with van der Waals surface area (Å²) >= 11 is 0. The Kier molecular flexibility index (Phi) is 63.5. The maximum absolute atomic E-state index is 10.0. The number of piperidine rings is 1. The maximum atomic E-state index is 10.0. The summed E-state index contributed by atoms with van der Waals surface area (Å²) in [5.74, 6) is -1.39. The molecule has 2 aliphatic rings. The normalized spacial score (nSPS) is 18.4. The Morgan fingerprint density at radius 2 is 1.18 bits per heavy atom. The number of hydrogen-bond donors (Lipinski definition) is 11. The summed E-state index contributed by atoms with van der Waals surface area (Å²) in [6.07, 6.45) is 15.6. The van der Waals surface area contributed by atoms with Crippen LogP contribution in [0.2, 0.25) is 0 Å². The number of aliphatic carboxylic acids is 2. The fourth-order valence-corrected chi connectivity index (χ4v) is 5.91. The first-order valence-corrected chi connectivity index (χ1v) is 24.0. The largest absolute Gasteiger partial charge is 1.00 e. The van der Waals surface area contributed by atoms with Gasteiger partial charge in [0.05, 0.1) is 97.9 Å². The minimum Gasteiger partial charge on any atom is -0.508 e. The van der Waals surface area contributed by atoms with Gasteiger partial charge in [0.2, 0.25) is 0 Å². The van der Waals surface area contributed by atoms with Crippen molar-refractivity contribution in [2.45, 2.75) is 116 Å². The van der Waals surface area contributed by atoms with Gasteiger partial charge in [0, 0.05) is 37.8 Å². The molecule has 1 aromatic rings. The molecule has 1 aromatic carbocycles. The van der Waals surface area contributed by atoms with E-state index in [2.05, 4.69) is 6.92 Å². The Morgan fingerprint density at radius 1 is 0.687 bits per heavy atom. The van der Waals surface area contributed by atoms with Crippen molar-refractivity contribution in [2.75, 3.05) is 125 Å². The Bertz CT molecular complexity index is 1170. The summed E-state index contributed by atoms with van der Waals surface area (Å²) in [4.78, 5) is 21.4. The average Bonchev–Trinajstić information content (AvgIpc) is 3.29. The molecule has 0 saturated carbocycles. The second-order valence-electron chi connectivity index (χ2n) is 15.7. The molecule has 3 unspecified atom stereocenters. The zero-order valence-corrected chi connectivity index (χ0v) is 45.0. The van der Waals surface area contributed by atoms with E-state index in [0.29, 0.717) is 117 Å². The molecule has 0 aliphatic carbocycles. The molecule has 390 valence electrons. The third-order valence-electron chi connectivity index (χ3n) is 9.60. The minimum absolute atomic E-state index is 0. The second kappa shape index (κ2) is 58.9. The molecule has 3 rings (SSSR count). The number of nitrogens with two attached hydrogens (primary N) is 6. The average molecular weight is 990 g/mol. The second-order valence-corrected chi connectivity index (χ2v) is 15.7. The van der Waals surface area contributed by atoms with E-state index in [1.165, 1.54) is 51.3 Å². The summed E-state index contributed by atoms with van der Waals surface area (Å²) in [7, 11) is 0. The molecule has 2 fully saturated rings. The van der Waals surface area contributed by atoms with Crippen molar-refractivity contribution in [3.05, 3.63) is 41.6 Å². The standard InChI is InChI=1S/C13H27NO6.C9H20N2.C8H11NO.C7H15NO2.C6H15NO.C4H7NO2.K/c14-11-13-12-19-8-7-17-4-3-15-1-2-16-5-6-18-9-10-20-13;1-9-5-2-3-7-11(9)8-4-6-10;9-6-5-7-1-3-8(10)4-2-7;8-6-4-2-1-3-5-7(9)10;7-5-3-1-2-4-6-8;1-3(5)2-4(6)7;/h13H,1-12,14H2;9H,2-8,10H2,1H3;1-4,10H,5-6,9H2;1-6,8H2,(H,9,10);8H,1-7H2;2H,5H2,1H3,(H,6,7);/q;;;;;;+1/p+1/b;;;;;3-2+;. The Balaban J connectivity index is -0.000000370. The minimum atomic E-state index is -1.000. The smallest absolute Gasteiger partial charge is 0.508 e. The summed E-state index contributed by atoms with van der Waals surface area (Å²) in [6, 6.07) is 7.98. The van der Waals surface area contributed by atoms with Gasteiger partial charge in [-0.15, -0.1) is 0 Å². The van der Waals surface area contributed by atoms with Gasteiger partial charge in [-0.3, -0.25) is 4.79 Å². The van der Waals surface area contributed by atoms with Crippen LogP contribution in [0.25, 0.3) is 0 Å². The van der Waals surface area contributed by atoms with Crippen LogP contribution in [-0.4, -0.2) is 170 Å². The third-order valence-corrected chi connectivity index (χ3v) is 9.60. The number of phenolic OH excluding ortho intramolecular Hbond substituents is 1. The van der Waals surface area contributed by atoms with Gasteiger partial charge in [-0.05, 0) is 109 Å². The van der Waals surface area contributed by atoms with Gasteiger partial charge in [-0.2, -0.15) is 0 Å². The van der Waals surface area contributed by atoms with Gasteiger partial charge >= 0.3 is 63.3 Å². The number of carboxylic acids is 2. The van der Waals surface area contributed by atoms with Gasteiger partial charge < -0.3 is 88.1 Å². The van der Waals surface area contributed by atoms with E-state index >= 15 is 0 Å². The van der Waals surface area contributed by atoms with Crippen LogP contribution in [0, 0.1) is 0 Å². The predicted octanol–water partition coefficient (Wildman–Crippen LogP) is -1.47. The van der Waals surface area contributed by atoms with Gasteiger partial charge in [0.1, 0.15) is 5.75 Å². The van der Waals surface area contributed by atoms with Gasteiger partial charge in [-0.25, -0.2) is 4.79 Å². The van der Waals surface area contributed by atoms with Gasteiger partial charge in [-0.1, -0.05) is 37.8 Å². The summed E-state index contributed by atoms with van der Waals surface area (Å²) in [5.41, 5.74) is 33.4. The fraction of sp³-hybridized carbons (Fsp3) is 0.787. The molecule has 0 spiro atoms. The number of aromatic hydroxyl groups is 1. The number of ether oxygens (including phenoxy) is 6. The van der Waals surface area contributed by atoms with E-state index < -0.39 is 11.9 Å². The Labute approximate surface area is 446 Å². The number of hydrogen-bond acceptors (Lipinski definition) is 16. The van der Waals surface area contributed by atoms with E-state index in [0.717, 1.165) is 83.0 Å². The SMILES string of the molecule is C/C(N)=C\C(=O)O.CC1CCCC[NH+]1CCCN.NCC1COCCOCCOCCOCCOCCO1.NCCCCCCC(=O)O.NCCCCCCO.NCCc1ccc(O)cc1.[K+]. The topological polar surface area (TPSA) is 331 Å². The van der Waals surface area contributed by atoms with Crippen molar-refractivity contribution >= 4 is 11.9 Å². The molecule has 0 bridgehead atoms. The molecule has 20 heteroatoms. The van der Waals surface area contributed by atoms with E-state index in [4.69, 9.17) is 83.2 Å². The number of carboxylic acid groups (broad SMARTS) is 2. The summed E-state index contributed by atoms with van der Waals surface area (Å²) in [6.45, 7) is 16.3. The fourth-order valence-electron chi connectivity index (χ4n) is 5.91. The first kappa shape index (κ1) is 72.2. The number of likely N-dealkylation sites (tertiary alicyclic amines) is 1. The molecule has 17 N–H and O–H groups in total. The quantitative estimate of drug-likeness (QED) is 0.0454. The number of aliphatic hydroxyl groups is 1. The van der Waals surface area contributed by atoms with Crippen molar-refractivity contribution in [3.8, 4) is 5.75 Å². The Morgan fingerprint density at radius 3 is 1.60 bits per heavy atom. The maximum Gasteiger partial charge on any atom is 1.00 e. The molecule has 2 aliphatic heterocycles. The van der Waals surface area contributed by atoms with Crippen molar-refractivity contribution in [1.29, 1.82) is 0 Å². The number of aliphatic hydroxyl groups excluding tert-OH is 1. The van der Waals surface area contributed by atoms with E-state index in [1.54, 1.807) is 17.0 Å². The number of benzene rings is 1. The molecule has 2 heterocycles. The molecule has 67 heavy (non-hydrogen) atoms.